The van der Waals surface area contributed by atoms with Crippen molar-refractivity contribution in [3.63, 3.8) is 0 Å². The van der Waals surface area contributed by atoms with Crippen LogP contribution in [0.3, 0.4) is 0 Å². The Bertz CT molecular complexity index is 534. The Morgan fingerprint density at radius 1 is 1.24 bits per heavy atom. The molecule has 4 fully saturated rings. The topological polar surface area (TPSA) is 68.0 Å². The minimum atomic E-state index is -0.116. The fraction of sp³-hybridized carbons (Fsp3) is 0.647. The van der Waals surface area contributed by atoms with Gasteiger partial charge in [0.25, 0.3) is 0 Å². The second-order valence-electron chi connectivity index (χ2n) is 7.41. The maximum Gasteiger partial charge on any atom is 0.231 e. The first kappa shape index (κ1) is 13.3. The number of carbonyl (C=O) groups excluding carboxylic acids is 1. The van der Waals surface area contributed by atoms with Gasteiger partial charge in [-0.3, -0.25) is 4.79 Å². The van der Waals surface area contributed by atoms with Gasteiger partial charge in [-0.15, -0.1) is 0 Å². The standard InChI is InChI=1S/C17H23N3O/c18-10-11-1-2-19-15(6-11)20-16(21)17-7-12-3-13(8-17)5-14(4-12)9-17/h1-2,6,12-14H,3-5,7-10,18H2,(H,19,20,21). The van der Waals surface area contributed by atoms with Crippen LogP contribution in [0.25, 0.3) is 0 Å². The molecule has 112 valence electrons. The third-order valence-corrected chi connectivity index (χ3v) is 5.82. The number of carbonyl (C=O) groups is 1. The molecule has 4 saturated carbocycles. The third kappa shape index (κ3) is 2.26. The van der Waals surface area contributed by atoms with Gasteiger partial charge in [0.15, 0.2) is 0 Å². The number of aromatic nitrogens is 1. The number of nitrogens with zero attached hydrogens (tertiary/aromatic N) is 1. The molecule has 4 bridgehead atoms. The van der Waals surface area contributed by atoms with Crippen LogP contribution in [0.1, 0.15) is 44.1 Å². The maximum atomic E-state index is 12.9. The fourth-order valence-corrected chi connectivity index (χ4v) is 5.31. The molecule has 4 nitrogen and oxygen atoms in total. The van der Waals surface area contributed by atoms with E-state index < -0.39 is 0 Å². The van der Waals surface area contributed by atoms with Gasteiger partial charge in [0.2, 0.25) is 5.91 Å². The molecule has 4 heteroatoms. The van der Waals surface area contributed by atoms with Crippen molar-refractivity contribution in [2.24, 2.45) is 28.9 Å². The van der Waals surface area contributed by atoms with Crippen LogP contribution in [0.4, 0.5) is 5.82 Å². The maximum absolute atomic E-state index is 12.9. The molecule has 5 rings (SSSR count). The minimum Gasteiger partial charge on any atom is -0.326 e. The van der Waals surface area contributed by atoms with Gasteiger partial charge in [-0.2, -0.15) is 0 Å². The second-order valence-corrected chi connectivity index (χ2v) is 7.41. The Morgan fingerprint density at radius 3 is 2.43 bits per heavy atom. The van der Waals surface area contributed by atoms with Gasteiger partial charge in [-0.1, -0.05) is 0 Å². The van der Waals surface area contributed by atoms with Crippen LogP contribution < -0.4 is 11.1 Å². The Hall–Kier alpha value is -1.42. The average Bonchev–Trinajstić information content (AvgIpc) is 2.46. The normalized spacial score (nSPS) is 36.7. The van der Waals surface area contributed by atoms with Crippen LogP contribution in [0, 0.1) is 23.2 Å². The largest absolute Gasteiger partial charge is 0.326 e. The zero-order valence-corrected chi connectivity index (χ0v) is 12.3. The van der Waals surface area contributed by atoms with E-state index in [-0.39, 0.29) is 11.3 Å². The summed E-state index contributed by atoms with van der Waals surface area (Å²) in [6, 6.07) is 3.78. The third-order valence-electron chi connectivity index (χ3n) is 5.82. The number of nitrogens with one attached hydrogen (secondary N) is 1. The van der Waals surface area contributed by atoms with Crippen molar-refractivity contribution in [2.45, 2.75) is 45.1 Å². The highest BCUT2D eigenvalue weighted by Crippen LogP contribution is 2.60. The summed E-state index contributed by atoms with van der Waals surface area (Å²) in [5.41, 5.74) is 6.54. The molecule has 1 heterocycles. The van der Waals surface area contributed by atoms with Crippen LogP contribution in [0.2, 0.25) is 0 Å². The van der Waals surface area contributed by atoms with Crippen LogP contribution in [-0.4, -0.2) is 10.9 Å². The van der Waals surface area contributed by atoms with Crippen molar-refractivity contribution in [1.82, 2.24) is 4.98 Å². The lowest BCUT2D eigenvalue weighted by Gasteiger charge is -2.55. The number of amides is 1. The molecular formula is C17H23N3O. The van der Waals surface area contributed by atoms with E-state index in [0.717, 1.165) is 42.6 Å². The predicted molar refractivity (Wildman–Crippen MR) is 81.4 cm³/mol. The molecule has 1 aromatic rings. The van der Waals surface area contributed by atoms with Gasteiger partial charge in [0.05, 0.1) is 5.41 Å². The molecule has 0 unspecified atom stereocenters. The zero-order valence-electron chi connectivity index (χ0n) is 12.3. The molecule has 0 radical (unpaired) electrons. The summed E-state index contributed by atoms with van der Waals surface area (Å²) in [5, 5.41) is 3.07. The number of nitrogens with two attached hydrogens (primary N) is 1. The van der Waals surface area contributed by atoms with E-state index in [1.165, 1.54) is 19.3 Å². The highest BCUT2D eigenvalue weighted by Gasteiger charge is 2.54. The van der Waals surface area contributed by atoms with E-state index in [1.54, 1.807) is 6.20 Å². The number of anilines is 1. The quantitative estimate of drug-likeness (QED) is 0.897. The van der Waals surface area contributed by atoms with Gasteiger partial charge >= 0.3 is 0 Å². The molecule has 4 aliphatic rings. The first-order chi connectivity index (χ1) is 10.2. The van der Waals surface area contributed by atoms with Gasteiger partial charge in [-0.05, 0) is 74.0 Å². The molecule has 3 N–H and O–H groups in total. The number of pyridine rings is 1. The summed E-state index contributed by atoms with van der Waals surface area (Å²) >= 11 is 0. The van der Waals surface area contributed by atoms with Crippen molar-refractivity contribution in [3.8, 4) is 0 Å². The zero-order chi connectivity index (χ0) is 14.4. The van der Waals surface area contributed by atoms with Gasteiger partial charge in [-0.25, -0.2) is 4.98 Å². The SMILES string of the molecule is NCc1ccnc(NC(=O)C23CC4CC(CC(C4)C2)C3)c1. The van der Waals surface area contributed by atoms with Gasteiger partial charge in [0, 0.05) is 12.7 Å². The number of hydrogen-bond donors (Lipinski definition) is 2. The molecular weight excluding hydrogens is 262 g/mol. The Balaban J connectivity index is 1.54. The van der Waals surface area contributed by atoms with E-state index in [2.05, 4.69) is 10.3 Å². The summed E-state index contributed by atoms with van der Waals surface area (Å²) in [6.07, 6.45) is 9.04. The summed E-state index contributed by atoms with van der Waals surface area (Å²) in [7, 11) is 0. The molecule has 0 spiro atoms. The van der Waals surface area contributed by atoms with Crippen molar-refractivity contribution in [2.75, 3.05) is 5.32 Å². The lowest BCUT2D eigenvalue weighted by molar-refractivity contribution is -0.140. The molecule has 4 aliphatic carbocycles. The second kappa shape index (κ2) is 4.80. The predicted octanol–water partition coefficient (Wildman–Crippen LogP) is 2.70. The van der Waals surface area contributed by atoms with Crippen molar-refractivity contribution >= 4 is 11.7 Å². The number of rotatable bonds is 3. The highest BCUT2D eigenvalue weighted by molar-refractivity contribution is 5.95. The molecule has 0 aromatic carbocycles. The van der Waals surface area contributed by atoms with Crippen LogP contribution in [0.5, 0.6) is 0 Å². The Kier molecular flexibility index (Phi) is 3.03. The van der Waals surface area contributed by atoms with E-state index in [4.69, 9.17) is 5.73 Å². The summed E-state index contributed by atoms with van der Waals surface area (Å²) < 4.78 is 0. The monoisotopic (exact) mass is 285 g/mol. The first-order valence-corrected chi connectivity index (χ1v) is 8.13. The molecule has 21 heavy (non-hydrogen) atoms. The molecule has 0 aliphatic heterocycles. The summed E-state index contributed by atoms with van der Waals surface area (Å²) in [4.78, 5) is 17.2. The van der Waals surface area contributed by atoms with Crippen LogP contribution in [-0.2, 0) is 11.3 Å². The van der Waals surface area contributed by atoms with E-state index in [1.807, 2.05) is 12.1 Å². The fourth-order valence-electron chi connectivity index (χ4n) is 5.31. The Labute approximate surface area is 125 Å². The van der Waals surface area contributed by atoms with Crippen molar-refractivity contribution < 1.29 is 4.79 Å². The lowest BCUT2D eigenvalue weighted by Crippen LogP contribution is -2.51. The van der Waals surface area contributed by atoms with E-state index >= 15 is 0 Å². The highest BCUT2D eigenvalue weighted by atomic mass is 16.2. The van der Waals surface area contributed by atoms with E-state index in [9.17, 15) is 4.79 Å². The molecule has 0 atom stereocenters. The van der Waals surface area contributed by atoms with E-state index in [0.29, 0.717) is 12.4 Å². The molecule has 1 aromatic heterocycles. The summed E-state index contributed by atoms with van der Waals surface area (Å²) in [6.45, 7) is 0.475. The number of hydrogen-bond acceptors (Lipinski definition) is 3. The van der Waals surface area contributed by atoms with Gasteiger partial charge < -0.3 is 11.1 Å². The summed E-state index contributed by atoms with van der Waals surface area (Å²) in [5.74, 6) is 3.20. The minimum absolute atomic E-state index is 0.116. The van der Waals surface area contributed by atoms with Crippen molar-refractivity contribution in [3.05, 3.63) is 23.9 Å². The molecule has 1 amide bonds. The Morgan fingerprint density at radius 2 is 1.86 bits per heavy atom. The lowest BCUT2D eigenvalue weighted by atomic mass is 9.49. The smallest absolute Gasteiger partial charge is 0.231 e. The van der Waals surface area contributed by atoms with Gasteiger partial charge in [0.1, 0.15) is 5.82 Å². The van der Waals surface area contributed by atoms with Crippen molar-refractivity contribution in [1.29, 1.82) is 0 Å². The van der Waals surface area contributed by atoms with Crippen LogP contribution in [0.15, 0.2) is 18.3 Å². The average molecular weight is 285 g/mol. The van der Waals surface area contributed by atoms with Crippen LogP contribution >= 0.6 is 0 Å². The first-order valence-electron chi connectivity index (χ1n) is 8.13. The molecule has 0 saturated heterocycles.